The van der Waals surface area contributed by atoms with Crippen LogP contribution in [0, 0.1) is 22.7 Å². The van der Waals surface area contributed by atoms with Crippen LogP contribution in [0.5, 0.6) is 0 Å². The predicted octanol–water partition coefficient (Wildman–Crippen LogP) is 2.04. The summed E-state index contributed by atoms with van der Waals surface area (Å²) < 4.78 is 1.51. The van der Waals surface area contributed by atoms with E-state index in [-0.39, 0.29) is 5.82 Å². The third-order valence-electron chi connectivity index (χ3n) is 3.30. The maximum absolute atomic E-state index is 9.34. The van der Waals surface area contributed by atoms with Crippen molar-refractivity contribution in [3.8, 4) is 17.8 Å². The van der Waals surface area contributed by atoms with Crippen molar-refractivity contribution in [3.05, 3.63) is 35.4 Å². The molecule has 0 saturated carbocycles. The number of rotatable bonds is 4. The van der Waals surface area contributed by atoms with Gasteiger partial charge in [-0.2, -0.15) is 10.5 Å². The van der Waals surface area contributed by atoms with Crippen LogP contribution in [0.3, 0.4) is 0 Å². The summed E-state index contributed by atoms with van der Waals surface area (Å²) in [7, 11) is 0. The Morgan fingerprint density at radius 1 is 1.24 bits per heavy atom. The maximum Gasteiger partial charge on any atom is 0.171 e. The third-order valence-corrected chi connectivity index (χ3v) is 3.30. The Balaban J connectivity index is 2.61. The lowest BCUT2D eigenvalue weighted by Crippen LogP contribution is -2.23. The quantitative estimate of drug-likeness (QED) is 0.924. The van der Waals surface area contributed by atoms with E-state index in [1.165, 1.54) is 4.68 Å². The average Bonchev–Trinajstić information content (AvgIpc) is 2.85. The summed E-state index contributed by atoms with van der Waals surface area (Å²) in [6.07, 6.45) is 0. The van der Waals surface area contributed by atoms with Gasteiger partial charge in [-0.15, -0.1) is 5.10 Å². The Morgan fingerprint density at radius 3 is 2.52 bits per heavy atom. The van der Waals surface area contributed by atoms with Crippen LogP contribution < -0.4 is 10.6 Å². The van der Waals surface area contributed by atoms with Gasteiger partial charge < -0.3 is 10.6 Å². The summed E-state index contributed by atoms with van der Waals surface area (Å²) in [4.78, 5) is 1.97. The highest BCUT2D eigenvalue weighted by Crippen LogP contribution is 2.27. The molecule has 106 valence electrons. The number of nitrogens with two attached hydrogens (primary N) is 1. The monoisotopic (exact) mass is 280 g/mol. The van der Waals surface area contributed by atoms with Crippen LogP contribution in [0.2, 0.25) is 0 Å². The molecule has 2 rings (SSSR count). The Hall–Kier alpha value is -2.99. The first-order chi connectivity index (χ1) is 10.2. The van der Waals surface area contributed by atoms with Crippen molar-refractivity contribution in [1.82, 2.24) is 9.78 Å². The van der Waals surface area contributed by atoms with Crippen molar-refractivity contribution in [1.29, 1.82) is 10.5 Å². The second-order valence-corrected chi connectivity index (χ2v) is 4.44. The van der Waals surface area contributed by atoms with Gasteiger partial charge in [0.1, 0.15) is 17.5 Å². The van der Waals surface area contributed by atoms with Gasteiger partial charge in [0, 0.05) is 13.1 Å². The topological polar surface area (TPSA) is 94.7 Å². The van der Waals surface area contributed by atoms with Crippen molar-refractivity contribution >= 4 is 11.6 Å². The van der Waals surface area contributed by atoms with Crippen LogP contribution in [-0.2, 0) is 0 Å². The molecule has 0 radical (unpaired) electrons. The Morgan fingerprint density at radius 2 is 1.95 bits per heavy atom. The smallest absolute Gasteiger partial charge is 0.171 e. The minimum absolute atomic E-state index is 0.287. The molecular weight excluding hydrogens is 264 g/mol. The largest absolute Gasteiger partial charge is 0.382 e. The minimum Gasteiger partial charge on any atom is -0.382 e. The molecule has 0 spiro atoms. The summed E-state index contributed by atoms with van der Waals surface area (Å²) in [5.41, 5.74) is 7.60. The number of hydrogen-bond acceptors (Lipinski definition) is 5. The lowest BCUT2D eigenvalue weighted by Gasteiger charge is -2.17. The molecule has 6 nitrogen and oxygen atoms in total. The van der Waals surface area contributed by atoms with Gasteiger partial charge >= 0.3 is 0 Å². The number of nitrogen functional groups attached to an aromatic ring is 1. The van der Waals surface area contributed by atoms with E-state index in [1.807, 2.05) is 18.7 Å². The SMILES string of the molecule is CCN(CC)c1nn(-c2cccc(C#N)c2)c(N)c1C#N. The first kappa shape index (κ1) is 14.4. The molecule has 0 amide bonds. The van der Waals surface area contributed by atoms with Gasteiger partial charge in [0.25, 0.3) is 0 Å². The van der Waals surface area contributed by atoms with Gasteiger partial charge in [0.15, 0.2) is 5.82 Å². The molecule has 0 aliphatic rings. The lowest BCUT2D eigenvalue weighted by molar-refractivity contribution is 0.808. The third kappa shape index (κ3) is 2.52. The zero-order valence-electron chi connectivity index (χ0n) is 12.0. The van der Waals surface area contributed by atoms with Crippen LogP contribution in [0.4, 0.5) is 11.6 Å². The normalized spacial score (nSPS) is 9.90. The number of nitriles is 2. The van der Waals surface area contributed by atoms with E-state index < -0.39 is 0 Å². The number of anilines is 2. The molecule has 0 bridgehead atoms. The standard InChI is InChI=1S/C15H16N6/c1-3-20(4-2)15-13(10-17)14(18)21(19-15)12-7-5-6-11(8-12)9-16/h5-8H,3-4,18H2,1-2H3. The van der Waals surface area contributed by atoms with Gasteiger partial charge in [-0.25, -0.2) is 4.68 Å². The lowest BCUT2D eigenvalue weighted by atomic mass is 10.2. The van der Waals surface area contributed by atoms with Gasteiger partial charge in [0.05, 0.1) is 17.3 Å². The zero-order valence-corrected chi connectivity index (χ0v) is 12.0. The highest BCUT2D eigenvalue weighted by atomic mass is 15.4. The van der Waals surface area contributed by atoms with E-state index in [2.05, 4.69) is 17.2 Å². The molecule has 1 aromatic heterocycles. The molecule has 0 aliphatic heterocycles. The Kier molecular flexibility index (Phi) is 4.10. The molecule has 0 unspecified atom stereocenters. The molecule has 0 saturated heterocycles. The van der Waals surface area contributed by atoms with Gasteiger partial charge in [-0.1, -0.05) is 6.07 Å². The fraction of sp³-hybridized carbons (Fsp3) is 0.267. The minimum atomic E-state index is 0.287. The molecular formula is C15H16N6. The van der Waals surface area contributed by atoms with E-state index in [0.29, 0.717) is 22.6 Å². The fourth-order valence-corrected chi connectivity index (χ4v) is 2.17. The van der Waals surface area contributed by atoms with E-state index >= 15 is 0 Å². The van der Waals surface area contributed by atoms with Crippen molar-refractivity contribution in [2.45, 2.75) is 13.8 Å². The summed E-state index contributed by atoms with van der Waals surface area (Å²) in [6.45, 7) is 5.46. The average molecular weight is 280 g/mol. The van der Waals surface area contributed by atoms with Crippen LogP contribution >= 0.6 is 0 Å². The second kappa shape index (κ2) is 5.98. The van der Waals surface area contributed by atoms with E-state index in [9.17, 15) is 5.26 Å². The highest BCUT2D eigenvalue weighted by molar-refractivity contribution is 5.67. The van der Waals surface area contributed by atoms with E-state index in [1.54, 1.807) is 24.3 Å². The van der Waals surface area contributed by atoms with Gasteiger partial charge in [-0.05, 0) is 32.0 Å². The van der Waals surface area contributed by atoms with Crippen molar-refractivity contribution in [2.24, 2.45) is 0 Å². The van der Waals surface area contributed by atoms with Crippen LogP contribution in [-0.4, -0.2) is 22.9 Å². The Labute approximate surface area is 123 Å². The number of hydrogen-bond donors (Lipinski definition) is 1. The molecule has 2 aromatic rings. The molecule has 2 N–H and O–H groups in total. The molecule has 0 atom stereocenters. The predicted molar refractivity (Wildman–Crippen MR) is 81.0 cm³/mol. The first-order valence-electron chi connectivity index (χ1n) is 6.70. The van der Waals surface area contributed by atoms with Crippen molar-refractivity contribution in [3.63, 3.8) is 0 Å². The maximum atomic E-state index is 9.34. The molecule has 21 heavy (non-hydrogen) atoms. The summed E-state index contributed by atoms with van der Waals surface area (Å²) in [6, 6.07) is 11.2. The number of benzene rings is 1. The van der Waals surface area contributed by atoms with Crippen LogP contribution in [0.15, 0.2) is 24.3 Å². The molecule has 0 fully saturated rings. The van der Waals surface area contributed by atoms with Crippen LogP contribution in [0.25, 0.3) is 5.69 Å². The van der Waals surface area contributed by atoms with E-state index in [0.717, 1.165) is 13.1 Å². The molecule has 6 heteroatoms. The number of nitrogens with zero attached hydrogens (tertiary/aromatic N) is 5. The van der Waals surface area contributed by atoms with Crippen LogP contribution in [0.1, 0.15) is 25.0 Å². The molecule has 0 aliphatic carbocycles. The van der Waals surface area contributed by atoms with E-state index in [4.69, 9.17) is 11.0 Å². The molecule has 1 heterocycles. The van der Waals surface area contributed by atoms with Crippen molar-refractivity contribution < 1.29 is 0 Å². The van der Waals surface area contributed by atoms with Crippen molar-refractivity contribution in [2.75, 3.05) is 23.7 Å². The Bertz CT molecular complexity index is 728. The molecule has 1 aromatic carbocycles. The van der Waals surface area contributed by atoms with Gasteiger partial charge in [0.2, 0.25) is 0 Å². The first-order valence-corrected chi connectivity index (χ1v) is 6.70. The zero-order chi connectivity index (χ0) is 15.4. The highest BCUT2D eigenvalue weighted by Gasteiger charge is 2.20. The second-order valence-electron chi connectivity index (χ2n) is 4.44. The van der Waals surface area contributed by atoms with Gasteiger partial charge in [-0.3, -0.25) is 0 Å². The summed E-state index contributed by atoms with van der Waals surface area (Å²) in [5, 5.41) is 22.8. The summed E-state index contributed by atoms with van der Waals surface area (Å²) in [5.74, 6) is 0.858. The summed E-state index contributed by atoms with van der Waals surface area (Å²) >= 11 is 0. The fourth-order valence-electron chi connectivity index (χ4n) is 2.17. The number of aromatic nitrogens is 2.